The third kappa shape index (κ3) is 2.00. The zero-order valence-corrected chi connectivity index (χ0v) is 7.85. The fraction of sp³-hybridized carbons (Fsp3) is 0.333. The molecular weight excluding hydrogens is 233 g/mol. The molecule has 0 aliphatic heterocycles. The molecule has 0 fully saturated rings. The van der Waals surface area contributed by atoms with Crippen molar-refractivity contribution in [1.29, 1.82) is 0 Å². The number of benzene rings is 1. The molecule has 0 aliphatic carbocycles. The molecule has 1 aromatic rings. The first-order valence-corrected chi connectivity index (χ1v) is 4.17. The summed E-state index contributed by atoms with van der Waals surface area (Å²) in [5.74, 6) is -2.46. The molecule has 0 heterocycles. The van der Waals surface area contributed by atoms with Crippen LogP contribution in [0.2, 0.25) is 0 Å². The zero-order chi connectivity index (χ0) is 12.6. The van der Waals surface area contributed by atoms with E-state index in [1.165, 1.54) is 0 Å². The van der Waals surface area contributed by atoms with Crippen molar-refractivity contribution in [2.24, 2.45) is 5.73 Å². The van der Waals surface area contributed by atoms with Crippen molar-refractivity contribution >= 4 is 0 Å². The maximum absolute atomic E-state index is 13.1. The molecule has 0 aromatic heterocycles. The first-order valence-electron chi connectivity index (χ1n) is 4.17. The lowest BCUT2D eigenvalue weighted by Crippen LogP contribution is -2.49. The first kappa shape index (κ1) is 12.9. The minimum atomic E-state index is -5.18. The molecule has 0 saturated carbocycles. The zero-order valence-electron chi connectivity index (χ0n) is 7.85. The second kappa shape index (κ2) is 3.99. The Labute approximate surface area is 87.5 Å². The molecule has 0 saturated heterocycles. The van der Waals surface area contributed by atoms with Crippen LogP contribution in [0.3, 0.4) is 0 Å². The number of halogens is 5. The van der Waals surface area contributed by atoms with Crippen LogP contribution in [0.15, 0.2) is 18.2 Å². The van der Waals surface area contributed by atoms with Crippen molar-refractivity contribution in [2.45, 2.75) is 11.8 Å². The summed E-state index contributed by atoms with van der Waals surface area (Å²) in [6, 6.07) is 1.42. The Morgan fingerprint density at radius 2 is 1.75 bits per heavy atom. The minimum Gasteiger partial charge on any atom is -0.375 e. The maximum atomic E-state index is 13.1. The van der Waals surface area contributed by atoms with Crippen LogP contribution in [0.4, 0.5) is 22.0 Å². The molecule has 0 aliphatic rings. The van der Waals surface area contributed by atoms with Gasteiger partial charge in [-0.15, -0.1) is 0 Å². The maximum Gasteiger partial charge on any atom is 0.422 e. The van der Waals surface area contributed by atoms with Gasteiger partial charge in [0.2, 0.25) is 5.60 Å². The van der Waals surface area contributed by atoms with Crippen LogP contribution in [0.5, 0.6) is 0 Å². The molecule has 7 heteroatoms. The summed E-state index contributed by atoms with van der Waals surface area (Å²) in [5, 5.41) is 9.28. The predicted molar refractivity (Wildman–Crippen MR) is 45.4 cm³/mol. The van der Waals surface area contributed by atoms with Gasteiger partial charge >= 0.3 is 6.18 Å². The Bertz CT molecular complexity index is 392. The molecule has 90 valence electrons. The number of alkyl halides is 3. The lowest BCUT2D eigenvalue weighted by atomic mass is 9.92. The Morgan fingerprint density at radius 1 is 1.19 bits per heavy atom. The fourth-order valence-electron chi connectivity index (χ4n) is 1.19. The Hall–Kier alpha value is -1.21. The predicted octanol–water partition coefficient (Wildman–Crippen LogP) is 1.67. The molecule has 3 N–H and O–H groups in total. The van der Waals surface area contributed by atoms with Gasteiger partial charge in [-0.1, -0.05) is 0 Å². The Balaban J connectivity index is 3.39. The molecular formula is C9H8F5NO. The van der Waals surface area contributed by atoms with Crippen molar-refractivity contribution in [3.8, 4) is 0 Å². The number of hydrogen-bond donors (Lipinski definition) is 2. The second-order valence-electron chi connectivity index (χ2n) is 3.19. The van der Waals surface area contributed by atoms with Crippen molar-refractivity contribution in [3.63, 3.8) is 0 Å². The third-order valence-electron chi connectivity index (χ3n) is 2.14. The van der Waals surface area contributed by atoms with Gasteiger partial charge in [0.05, 0.1) is 0 Å². The number of rotatable bonds is 2. The highest BCUT2D eigenvalue weighted by atomic mass is 19.4. The number of hydrogen-bond acceptors (Lipinski definition) is 2. The van der Waals surface area contributed by atoms with Crippen molar-refractivity contribution in [1.82, 2.24) is 0 Å². The standard InChI is InChI=1S/C9H8F5NO/c10-5-1-2-7(11)6(3-5)8(16,4-15)9(12,13)14/h1-3,16H,4,15H2. The minimum absolute atomic E-state index is 0.273. The summed E-state index contributed by atoms with van der Waals surface area (Å²) >= 11 is 0. The van der Waals surface area contributed by atoms with Crippen LogP contribution in [0.1, 0.15) is 5.56 Å². The summed E-state index contributed by atoms with van der Waals surface area (Å²) in [7, 11) is 0. The van der Waals surface area contributed by atoms with E-state index in [1.807, 2.05) is 0 Å². The molecule has 1 aromatic carbocycles. The van der Waals surface area contributed by atoms with Crippen LogP contribution in [0.25, 0.3) is 0 Å². The van der Waals surface area contributed by atoms with Gasteiger partial charge in [-0.3, -0.25) is 0 Å². The van der Waals surface area contributed by atoms with Crippen LogP contribution < -0.4 is 5.73 Å². The smallest absolute Gasteiger partial charge is 0.375 e. The summed E-state index contributed by atoms with van der Waals surface area (Å²) in [6.07, 6.45) is -5.18. The van der Waals surface area contributed by atoms with Gasteiger partial charge < -0.3 is 10.8 Å². The van der Waals surface area contributed by atoms with Crippen molar-refractivity contribution in [2.75, 3.05) is 6.54 Å². The molecule has 0 bridgehead atoms. The summed E-state index contributed by atoms with van der Waals surface area (Å²) in [6.45, 7) is -1.29. The largest absolute Gasteiger partial charge is 0.422 e. The van der Waals surface area contributed by atoms with Crippen LogP contribution >= 0.6 is 0 Å². The lowest BCUT2D eigenvalue weighted by Gasteiger charge is -2.29. The topological polar surface area (TPSA) is 46.2 Å². The van der Waals surface area contributed by atoms with Gasteiger partial charge in [0.15, 0.2) is 0 Å². The Kier molecular flexibility index (Phi) is 3.20. The van der Waals surface area contributed by atoms with Gasteiger partial charge in [-0.2, -0.15) is 13.2 Å². The van der Waals surface area contributed by atoms with Crippen molar-refractivity contribution < 1.29 is 27.1 Å². The normalized spacial score (nSPS) is 15.9. The molecule has 0 radical (unpaired) electrons. The van der Waals surface area contributed by atoms with E-state index < -0.39 is 35.5 Å². The van der Waals surface area contributed by atoms with Gasteiger partial charge in [0.25, 0.3) is 0 Å². The molecule has 1 rings (SSSR count). The lowest BCUT2D eigenvalue weighted by molar-refractivity contribution is -0.263. The Morgan fingerprint density at radius 3 is 2.19 bits per heavy atom. The van der Waals surface area contributed by atoms with E-state index in [4.69, 9.17) is 5.73 Å². The SMILES string of the molecule is NCC(O)(c1cc(F)ccc1F)C(F)(F)F. The quantitative estimate of drug-likeness (QED) is 0.774. The first-order chi connectivity index (χ1) is 7.22. The molecule has 16 heavy (non-hydrogen) atoms. The highest BCUT2D eigenvalue weighted by Crippen LogP contribution is 2.39. The van der Waals surface area contributed by atoms with Gasteiger partial charge in [0.1, 0.15) is 11.6 Å². The number of nitrogens with two attached hydrogens (primary N) is 1. The second-order valence-corrected chi connectivity index (χ2v) is 3.19. The third-order valence-corrected chi connectivity index (χ3v) is 2.14. The average Bonchev–Trinajstić information content (AvgIpc) is 2.19. The molecule has 1 atom stereocenters. The average molecular weight is 241 g/mol. The van der Waals surface area contributed by atoms with E-state index >= 15 is 0 Å². The highest BCUT2D eigenvalue weighted by Gasteiger charge is 2.55. The monoisotopic (exact) mass is 241 g/mol. The fourth-order valence-corrected chi connectivity index (χ4v) is 1.19. The molecule has 0 spiro atoms. The molecule has 2 nitrogen and oxygen atoms in total. The summed E-state index contributed by atoms with van der Waals surface area (Å²) in [4.78, 5) is 0. The van der Waals surface area contributed by atoms with E-state index in [0.717, 1.165) is 0 Å². The van der Waals surface area contributed by atoms with Gasteiger partial charge in [-0.05, 0) is 18.2 Å². The van der Waals surface area contributed by atoms with Crippen LogP contribution in [0, 0.1) is 11.6 Å². The van der Waals surface area contributed by atoms with Gasteiger partial charge in [0, 0.05) is 12.1 Å². The van der Waals surface area contributed by atoms with E-state index in [2.05, 4.69) is 0 Å². The molecule has 0 amide bonds. The number of aliphatic hydroxyl groups is 1. The summed E-state index contributed by atoms with van der Waals surface area (Å²) in [5.41, 5.74) is -0.0190. The molecule has 1 unspecified atom stereocenters. The van der Waals surface area contributed by atoms with E-state index in [-0.39, 0.29) is 6.07 Å². The van der Waals surface area contributed by atoms with Crippen LogP contribution in [-0.4, -0.2) is 17.8 Å². The van der Waals surface area contributed by atoms with Crippen LogP contribution in [-0.2, 0) is 5.60 Å². The van der Waals surface area contributed by atoms with Crippen molar-refractivity contribution in [3.05, 3.63) is 35.4 Å². The van der Waals surface area contributed by atoms with E-state index in [1.54, 1.807) is 0 Å². The van der Waals surface area contributed by atoms with Gasteiger partial charge in [-0.25, -0.2) is 8.78 Å². The van der Waals surface area contributed by atoms with E-state index in [9.17, 15) is 27.1 Å². The van der Waals surface area contributed by atoms with E-state index in [0.29, 0.717) is 12.1 Å². The summed E-state index contributed by atoms with van der Waals surface area (Å²) < 4.78 is 63.3. The highest BCUT2D eigenvalue weighted by molar-refractivity contribution is 5.27.